The minimum absolute atomic E-state index is 0.113. The van der Waals surface area contributed by atoms with E-state index < -0.39 is 15.3 Å². The van der Waals surface area contributed by atoms with Gasteiger partial charge in [0, 0.05) is 6.04 Å². The molecule has 0 aromatic heterocycles. The Labute approximate surface area is 89.7 Å². The van der Waals surface area contributed by atoms with Gasteiger partial charge < -0.3 is 10.8 Å². The van der Waals surface area contributed by atoms with Crippen LogP contribution in [-0.2, 0) is 9.84 Å². The molecule has 0 fully saturated rings. The fraction of sp³-hybridized carbons (Fsp3) is 0.400. The van der Waals surface area contributed by atoms with Crippen molar-refractivity contribution in [2.45, 2.75) is 30.2 Å². The summed E-state index contributed by atoms with van der Waals surface area (Å²) in [6.45, 7) is 3.05. The minimum atomic E-state index is -3.60. The van der Waals surface area contributed by atoms with Crippen LogP contribution in [0.15, 0.2) is 29.2 Å². The highest BCUT2D eigenvalue weighted by atomic mass is 32.2. The normalized spacial score (nSPS) is 16.0. The summed E-state index contributed by atoms with van der Waals surface area (Å²) in [4.78, 5) is 0.113. The van der Waals surface area contributed by atoms with Gasteiger partial charge in [-0.2, -0.15) is 0 Å². The van der Waals surface area contributed by atoms with Crippen LogP contribution in [0.25, 0.3) is 0 Å². The third kappa shape index (κ3) is 2.56. The molecule has 2 atom stereocenters. The molecular weight excluding hydrogens is 214 g/mol. The van der Waals surface area contributed by atoms with Gasteiger partial charge in [-0.15, -0.1) is 0 Å². The molecule has 1 aromatic rings. The Hall–Kier alpha value is -0.910. The fourth-order valence-corrected chi connectivity index (χ4v) is 2.07. The van der Waals surface area contributed by atoms with Crippen LogP contribution in [0.2, 0.25) is 0 Å². The second kappa shape index (κ2) is 4.30. The summed E-state index contributed by atoms with van der Waals surface area (Å²) < 4.78 is 23.1. The third-order valence-electron chi connectivity index (χ3n) is 2.18. The first-order valence-corrected chi connectivity index (χ1v) is 6.18. The van der Waals surface area contributed by atoms with Crippen molar-refractivity contribution in [2.24, 2.45) is 5.73 Å². The van der Waals surface area contributed by atoms with Gasteiger partial charge in [0.05, 0.1) is 4.90 Å². The average Bonchev–Trinajstić information content (AvgIpc) is 2.17. The Kier molecular flexibility index (Phi) is 3.49. The molecule has 2 unspecified atom stereocenters. The molecule has 3 N–H and O–H groups in total. The topological polar surface area (TPSA) is 80.4 Å². The van der Waals surface area contributed by atoms with E-state index in [0.717, 1.165) is 5.56 Å². The molecule has 84 valence electrons. The van der Waals surface area contributed by atoms with Crippen LogP contribution in [0, 0.1) is 0 Å². The van der Waals surface area contributed by atoms with Crippen molar-refractivity contribution in [1.82, 2.24) is 0 Å². The van der Waals surface area contributed by atoms with Crippen LogP contribution in [0.5, 0.6) is 0 Å². The number of sulfone groups is 1. The van der Waals surface area contributed by atoms with E-state index in [1.165, 1.54) is 19.1 Å². The molecule has 0 aliphatic rings. The molecule has 0 saturated carbocycles. The van der Waals surface area contributed by atoms with E-state index >= 15 is 0 Å². The van der Waals surface area contributed by atoms with Gasteiger partial charge in [-0.3, -0.25) is 0 Å². The molecule has 0 heterocycles. The largest absolute Gasteiger partial charge is 0.377 e. The molecule has 0 amide bonds. The highest BCUT2D eigenvalue weighted by Gasteiger charge is 2.20. The molecule has 0 radical (unpaired) electrons. The SMILES string of the molecule is CC(N)c1ccc(S(=O)(=O)C(C)O)cc1. The lowest BCUT2D eigenvalue weighted by Crippen LogP contribution is -2.17. The summed E-state index contributed by atoms with van der Waals surface area (Å²) in [7, 11) is -3.60. The summed E-state index contributed by atoms with van der Waals surface area (Å²) in [6.07, 6.45) is 0. The first-order valence-electron chi connectivity index (χ1n) is 4.63. The van der Waals surface area contributed by atoms with Gasteiger partial charge in [0.1, 0.15) is 0 Å². The maximum atomic E-state index is 11.5. The minimum Gasteiger partial charge on any atom is -0.377 e. The van der Waals surface area contributed by atoms with Crippen molar-refractivity contribution in [3.8, 4) is 0 Å². The zero-order valence-electron chi connectivity index (χ0n) is 8.71. The van der Waals surface area contributed by atoms with E-state index in [2.05, 4.69) is 0 Å². The second-order valence-corrected chi connectivity index (χ2v) is 5.75. The number of benzene rings is 1. The molecular formula is C10H15NO3S. The Morgan fingerprint density at radius 1 is 1.20 bits per heavy atom. The zero-order valence-corrected chi connectivity index (χ0v) is 9.53. The molecule has 0 saturated heterocycles. The van der Waals surface area contributed by atoms with Gasteiger partial charge in [0.2, 0.25) is 9.84 Å². The number of hydrogen-bond acceptors (Lipinski definition) is 4. The summed E-state index contributed by atoms with van der Waals surface area (Å²) in [6, 6.07) is 6.09. The standard InChI is InChI=1S/C10H15NO3S/c1-7(11)9-3-5-10(6-4-9)15(13,14)8(2)12/h3-8,12H,11H2,1-2H3. The monoisotopic (exact) mass is 229 g/mol. The van der Waals surface area contributed by atoms with E-state index in [0.29, 0.717) is 0 Å². The number of rotatable bonds is 3. The highest BCUT2D eigenvalue weighted by molar-refractivity contribution is 7.91. The Bertz CT molecular complexity index is 420. The quantitative estimate of drug-likeness (QED) is 0.804. The fourth-order valence-electron chi connectivity index (χ4n) is 1.16. The number of aliphatic hydroxyl groups excluding tert-OH is 1. The van der Waals surface area contributed by atoms with Gasteiger partial charge in [-0.05, 0) is 31.5 Å². The van der Waals surface area contributed by atoms with Crippen LogP contribution >= 0.6 is 0 Å². The van der Waals surface area contributed by atoms with Crippen LogP contribution in [0.4, 0.5) is 0 Å². The molecule has 1 rings (SSSR count). The predicted molar refractivity (Wildman–Crippen MR) is 57.9 cm³/mol. The van der Waals surface area contributed by atoms with Crippen molar-refractivity contribution in [3.63, 3.8) is 0 Å². The number of aliphatic hydroxyl groups is 1. The molecule has 5 heteroatoms. The molecule has 0 bridgehead atoms. The summed E-state index contributed by atoms with van der Waals surface area (Å²) >= 11 is 0. The van der Waals surface area contributed by atoms with E-state index in [1.54, 1.807) is 12.1 Å². The molecule has 4 nitrogen and oxygen atoms in total. The van der Waals surface area contributed by atoms with Gasteiger partial charge >= 0.3 is 0 Å². The highest BCUT2D eigenvalue weighted by Crippen LogP contribution is 2.17. The number of nitrogens with two attached hydrogens (primary N) is 1. The van der Waals surface area contributed by atoms with Crippen LogP contribution < -0.4 is 5.73 Å². The Morgan fingerprint density at radius 3 is 2.00 bits per heavy atom. The van der Waals surface area contributed by atoms with Crippen molar-refractivity contribution < 1.29 is 13.5 Å². The van der Waals surface area contributed by atoms with Crippen molar-refractivity contribution >= 4 is 9.84 Å². The molecule has 1 aromatic carbocycles. The maximum Gasteiger partial charge on any atom is 0.204 e. The van der Waals surface area contributed by atoms with E-state index in [9.17, 15) is 8.42 Å². The van der Waals surface area contributed by atoms with Gasteiger partial charge in [0.25, 0.3) is 0 Å². The van der Waals surface area contributed by atoms with Crippen molar-refractivity contribution in [2.75, 3.05) is 0 Å². The van der Waals surface area contributed by atoms with Crippen LogP contribution in [0.1, 0.15) is 25.5 Å². The predicted octanol–water partition coefficient (Wildman–Crippen LogP) is 0.818. The van der Waals surface area contributed by atoms with E-state index in [4.69, 9.17) is 10.8 Å². The first kappa shape index (κ1) is 12.2. The van der Waals surface area contributed by atoms with Crippen molar-refractivity contribution in [3.05, 3.63) is 29.8 Å². The molecule has 0 aliphatic carbocycles. The summed E-state index contributed by atoms with van der Waals surface area (Å²) in [5.41, 5.74) is 5.10. The van der Waals surface area contributed by atoms with Crippen LogP contribution in [0.3, 0.4) is 0 Å². The van der Waals surface area contributed by atoms with Gasteiger partial charge in [0.15, 0.2) is 5.44 Å². The van der Waals surface area contributed by atoms with Crippen molar-refractivity contribution in [1.29, 1.82) is 0 Å². The lowest BCUT2D eigenvalue weighted by Gasteiger charge is -2.09. The van der Waals surface area contributed by atoms with E-state index in [-0.39, 0.29) is 10.9 Å². The first-order chi connectivity index (χ1) is 6.85. The number of hydrogen-bond donors (Lipinski definition) is 2. The summed E-state index contributed by atoms with van der Waals surface area (Å²) in [5.74, 6) is 0. The smallest absolute Gasteiger partial charge is 0.204 e. The summed E-state index contributed by atoms with van der Waals surface area (Å²) in [5, 5.41) is 9.10. The van der Waals surface area contributed by atoms with E-state index in [1.807, 2.05) is 6.92 Å². The Morgan fingerprint density at radius 2 is 1.67 bits per heavy atom. The maximum absolute atomic E-state index is 11.5. The average molecular weight is 229 g/mol. The molecule has 0 spiro atoms. The lowest BCUT2D eigenvalue weighted by atomic mass is 10.1. The van der Waals surface area contributed by atoms with Gasteiger partial charge in [-0.25, -0.2) is 8.42 Å². The van der Waals surface area contributed by atoms with Gasteiger partial charge in [-0.1, -0.05) is 12.1 Å². The molecule has 15 heavy (non-hydrogen) atoms. The second-order valence-electron chi connectivity index (χ2n) is 3.50. The third-order valence-corrected chi connectivity index (χ3v) is 4.01. The lowest BCUT2D eigenvalue weighted by molar-refractivity contribution is 0.268. The molecule has 0 aliphatic heterocycles. The van der Waals surface area contributed by atoms with Crippen LogP contribution in [-0.4, -0.2) is 19.0 Å². The zero-order chi connectivity index (χ0) is 11.6. The Balaban J connectivity index is 3.10.